The number of fused-ring (bicyclic) bond motifs is 2. The van der Waals surface area contributed by atoms with Gasteiger partial charge in [-0.25, -0.2) is 9.97 Å². The van der Waals surface area contributed by atoms with Crippen molar-refractivity contribution >= 4 is 33.6 Å². The first-order chi connectivity index (χ1) is 15.8. The van der Waals surface area contributed by atoms with E-state index < -0.39 is 11.8 Å². The zero-order valence-corrected chi connectivity index (χ0v) is 18.3. The largest absolute Gasteiger partial charge is 0.505 e. The SMILES string of the molecule is Cc1ccc2ccc(C(=O)NCCCNC(=O)c3ccc4ccc(C)nc4c3O)c(O)c2n1. The molecule has 0 unspecified atom stereocenters. The van der Waals surface area contributed by atoms with Crippen LogP contribution in [0, 0.1) is 13.8 Å². The quantitative estimate of drug-likeness (QED) is 0.338. The first-order valence-electron chi connectivity index (χ1n) is 10.6. The summed E-state index contributed by atoms with van der Waals surface area (Å²) in [5, 5.41) is 27.9. The maximum Gasteiger partial charge on any atom is 0.255 e. The van der Waals surface area contributed by atoms with Gasteiger partial charge in [-0.1, -0.05) is 24.3 Å². The van der Waals surface area contributed by atoms with Crippen LogP contribution in [-0.2, 0) is 0 Å². The molecular formula is C25H24N4O4. The number of aromatic hydroxyl groups is 2. The smallest absolute Gasteiger partial charge is 0.255 e. The molecule has 0 aliphatic rings. The molecule has 0 saturated carbocycles. The third-order valence-corrected chi connectivity index (χ3v) is 5.36. The molecule has 33 heavy (non-hydrogen) atoms. The predicted octanol–water partition coefficient (Wildman–Crippen LogP) is 3.36. The maximum absolute atomic E-state index is 12.5. The van der Waals surface area contributed by atoms with Crippen molar-refractivity contribution in [2.45, 2.75) is 20.3 Å². The molecule has 2 heterocycles. The van der Waals surface area contributed by atoms with Gasteiger partial charge in [0.25, 0.3) is 11.8 Å². The summed E-state index contributed by atoms with van der Waals surface area (Å²) in [6.07, 6.45) is 0.467. The summed E-state index contributed by atoms with van der Waals surface area (Å²) in [4.78, 5) is 33.6. The number of benzene rings is 2. The molecule has 0 saturated heterocycles. The van der Waals surface area contributed by atoms with E-state index in [9.17, 15) is 19.8 Å². The fraction of sp³-hybridized carbons (Fsp3) is 0.200. The van der Waals surface area contributed by atoms with E-state index in [-0.39, 0.29) is 22.6 Å². The number of hydrogen-bond acceptors (Lipinski definition) is 6. The van der Waals surface area contributed by atoms with Crippen LogP contribution in [0.5, 0.6) is 11.5 Å². The monoisotopic (exact) mass is 444 g/mol. The van der Waals surface area contributed by atoms with E-state index >= 15 is 0 Å². The van der Waals surface area contributed by atoms with Gasteiger partial charge >= 0.3 is 0 Å². The molecule has 0 aliphatic carbocycles. The van der Waals surface area contributed by atoms with Gasteiger partial charge < -0.3 is 20.8 Å². The lowest BCUT2D eigenvalue weighted by molar-refractivity contribution is 0.0949. The van der Waals surface area contributed by atoms with Gasteiger partial charge in [-0.05, 0) is 44.5 Å². The van der Waals surface area contributed by atoms with Gasteiger partial charge in [0.05, 0.1) is 11.1 Å². The van der Waals surface area contributed by atoms with Crippen LogP contribution in [0.15, 0.2) is 48.5 Å². The molecule has 2 amide bonds. The maximum atomic E-state index is 12.5. The molecule has 8 nitrogen and oxygen atoms in total. The molecule has 4 aromatic rings. The summed E-state index contributed by atoms with van der Waals surface area (Å²) < 4.78 is 0. The summed E-state index contributed by atoms with van der Waals surface area (Å²) in [5.41, 5.74) is 2.55. The van der Waals surface area contributed by atoms with Crippen LogP contribution in [-0.4, -0.2) is 45.1 Å². The second kappa shape index (κ2) is 9.12. The first kappa shape index (κ1) is 22.0. The molecule has 0 atom stereocenters. The number of aromatic nitrogens is 2. The number of carbonyl (C=O) groups excluding carboxylic acids is 2. The van der Waals surface area contributed by atoms with Crippen molar-refractivity contribution in [1.29, 1.82) is 0 Å². The van der Waals surface area contributed by atoms with Crippen molar-refractivity contribution in [2.75, 3.05) is 13.1 Å². The molecule has 0 spiro atoms. The lowest BCUT2D eigenvalue weighted by Gasteiger charge is -2.10. The number of pyridine rings is 2. The highest BCUT2D eigenvalue weighted by Crippen LogP contribution is 2.28. The number of rotatable bonds is 6. The summed E-state index contributed by atoms with van der Waals surface area (Å²) in [5.74, 6) is -1.15. The highest BCUT2D eigenvalue weighted by molar-refractivity contribution is 6.03. The zero-order valence-electron chi connectivity index (χ0n) is 18.3. The lowest BCUT2D eigenvalue weighted by Crippen LogP contribution is -2.30. The fourth-order valence-corrected chi connectivity index (χ4v) is 3.59. The number of nitrogens with one attached hydrogen (secondary N) is 2. The summed E-state index contributed by atoms with van der Waals surface area (Å²) >= 11 is 0. The topological polar surface area (TPSA) is 124 Å². The van der Waals surface area contributed by atoms with Gasteiger partial charge in [0.1, 0.15) is 11.0 Å². The number of hydrogen-bond donors (Lipinski definition) is 4. The van der Waals surface area contributed by atoms with Crippen LogP contribution < -0.4 is 10.6 Å². The van der Waals surface area contributed by atoms with Gasteiger partial charge in [0, 0.05) is 35.2 Å². The predicted molar refractivity (Wildman–Crippen MR) is 126 cm³/mol. The van der Waals surface area contributed by atoms with Crippen LogP contribution >= 0.6 is 0 Å². The molecule has 0 aliphatic heterocycles. The van der Waals surface area contributed by atoms with Gasteiger partial charge in [-0.3, -0.25) is 9.59 Å². The first-order valence-corrected chi connectivity index (χ1v) is 10.6. The number of nitrogens with zero attached hydrogens (tertiary/aromatic N) is 2. The minimum Gasteiger partial charge on any atom is -0.505 e. The van der Waals surface area contributed by atoms with Crippen LogP contribution in [0.4, 0.5) is 0 Å². The molecule has 8 heteroatoms. The number of phenolic OH excluding ortho intramolecular Hbond substituents is 2. The molecule has 4 N–H and O–H groups in total. The second-order valence-corrected chi connectivity index (χ2v) is 7.84. The lowest BCUT2D eigenvalue weighted by atomic mass is 10.1. The van der Waals surface area contributed by atoms with Crippen molar-refractivity contribution < 1.29 is 19.8 Å². The van der Waals surface area contributed by atoms with Crippen molar-refractivity contribution in [1.82, 2.24) is 20.6 Å². The molecule has 2 aromatic heterocycles. The minimum atomic E-state index is -0.419. The third kappa shape index (κ3) is 4.55. The van der Waals surface area contributed by atoms with Crippen LogP contribution in [0.25, 0.3) is 21.8 Å². The Morgan fingerprint density at radius 1 is 0.697 bits per heavy atom. The molecule has 168 valence electrons. The Bertz CT molecular complexity index is 1280. The van der Waals surface area contributed by atoms with E-state index in [4.69, 9.17) is 0 Å². The molecule has 4 rings (SSSR count). The van der Waals surface area contributed by atoms with Crippen molar-refractivity contribution in [2.24, 2.45) is 0 Å². The third-order valence-electron chi connectivity index (χ3n) is 5.36. The van der Waals surface area contributed by atoms with Crippen molar-refractivity contribution in [3.8, 4) is 11.5 Å². The normalized spacial score (nSPS) is 11.0. The average Bonchev–Trinajstić information content (AvgIpc) is 2.80. The summed E-state index contributed by atoms with van der Waals surface area (Å²) in [6.45, 7) is 4.22. The van der Waals surface area contributed by atoms with Gasteiger partial charge in [-0.15, -0.1) is 0 Å². The fourth-order valence-electron chi connectivity index (χ4n) is 3.59. The Labute approximate surface area is 190 Å². The molecule has 0 bridgehead atoms. The average molecular weight is 444 g/mol. The Kier molecular flexibility index (Phi) is 6.08. The van der Waals surface area contributed by atoms with Crippen molar-refractivity contribution in [3.05, 3.63) is 71.0 Å². The summed E-state index contributed by atoms with van der Waals surface area (Å²) in [6, 6.07) is 14.0. The zero-order chi connectivity index (χ0) is 23.5. The highest BCUT2D eigenvalue weighted by Gasteiger charge is 2.16. The number of carbonyl (C=O) groups is 2. The number of aryl methyl sites for hydroxylation is 2. The van der Waals surface area contributed by atoms with Crippen LogP contribution in [0.2, 0.25) is 0 Å². The minimum absolute atomic E-state index is 0.147. The summed E-state index contributed by atoms with van der Waals surface area (Å²) in [7, 11) is 0. The van der Waals surface area contributed by atoms with E-state index in [1.807, 2.05) is 38.1 Å². The van der Waals surface area contributed by atoms with E-state index in [1.165, 1.54) is 0 Å². The van der Waals surface area contributed by atoms with E-state index in [2.05, 4.69) is 20.6 Å². The molecule has 2 aromatic carbocycles. The highest BCUT2D eigenvalue weighted by atomic mass is 16.3. The number of phenols is 2. The van der Waals surface area contributed by atoms with E-state index in [0.717, 1.165) is 22.2 Å². The number of amides is 2. The second-order valence-electron chi connectivity index (χ2n) is 7.84. The Morgan fingerprint density at radius 2 is 1.09 bits per heavy atom. The Morgan fingerprint density at radius 3 is 1.52 bits per heavy atom. The molecule has 0 radical (unpaired) electrons. The Hall–Kier alpha value is -4.20. The van der Waals surface area contributed by atoms with Gasteiger partial charge in [0.2, 0.25) is 0 Å². The standard InChI is InChI=1S/C25H24N4O4/c1-14-4-6-16-8-10-18(22(30)20(16)28-14)24(32)26-12-3-13-27-25(33)19-11-9-17-7-5-15(2)29-21(17)23(19)31/h4-11,30-31H,3,12-13H2,1-2H3,(H,26,32)(H,27,33). The van der Waals surface area contributed by atoms with Crippen LogP contribution in [0.1, 0.15) is 38.5 Å². The van der Waals surface area contributed by atoms with Crippen LogP contribution in [0.3, 0.4) is 0 Å². The van der Waals surface area contributed by atoms with Crippen molar-refractivity contribution in [3.63, 3.8) is 0 Å². The Balaban J connectivity index is 1.33. The molecular weight excluding hydrogens is 420 g/mol. The van der Waals surface area contributed by atoms with E-state index in [1.54, 1.807) is 24.3 Å². The van der Waals surface area contributed by atoms with Gasteiger partial charge in [0.15, 0.2) is 11.5 Å². The molecule has 0 fully saturated rings. The van der Waals surface area contributed by atoms with E-state index in [0.29, 0.717) is 30.5 Å². The van der Waals surface area contributed by atoms with Gasteiger partial charge in [-0.2, -0.15) is 0 Å².